The second-order valence-corrected chi connectivity index (χ2v) is 6.49. The second-order valence-electron chi connectivity index (χ2n) is 6.49. The minimum Gasteiger partial charge on any atom is -0.0622 e. The first kappa shape index (κ1) is 12.5. The topological polar surface area (TPSA) is 0 Å². The number of benzene rings is 2. The maximum Gasteiger partial charge on any atom is 0.0288 e. The van der Waals surface area contributed by atoms with Crippen molar-refractivity contribution in [3.05, 3.63) is 77.7 Å². The van der Waals surface area contributed by atoms with Crippen molar-refractivity contribution in [3.63, 3.8) is 0 Å². The summed E-state index contributed by atoms with van der Waals surface area (Å²) in [7, 11) is 0. The number of rotatable bonds is 1. The molecule has 1 unspecified atom stereocenters. The average Bonchev–Trinajstić information content (AvgIpc) is 2.80. The molecule has 1 aliphatic carbocycles. The highest BCUT2D eigenvalue weighted by Crippen LogP contribution is 2.53. The van der Waals surface area contributed by atoms with Crippen LogP contribution in [0.15, 0.2) is 54.6 Å². The summed E-state index contributed by atoms with van der Waals surface area (Å²) in [5, 5.41) is 0. The van der Waals surface area contributed by atoms with E-state index in [1.54, 1.807) is 0 Å². The molecule has 0 aliphatic heterocycles. The van der Waals surface area contributed by atoms with Crippen LogP contribution < -0.4 is 0 Å². The zero-order valence-corrected chi connectivity index (χ0v) is 12.0. The van der Waals surface area contributed by atoms with E-state index in [2.05, 4.69) is 81.8 Å². The van der Waals surface area contributed by atoms with Gasteiger partial charge in [-0.3, -0.25) is 0 Å². The predicted molar refractivity (Wildman–Crippen MR) is 81.1 cm³/mol. The van der Waals surface area contributed by atoms with Gasteiger partial charge in [0, 0.05) is 5.41 Å². The molecule has 0 N–H and O–H groups in total. The van der Waals surface area contributed by atoms with Crippen LogP contribution in [0.3, 0.4) is 0 Å². The van der Waals surface area contributed by atoms with Crippen molar-refractivity contribution in [3.8, 4) is 0 Å². The van der Waals surface area contributed by atoms with Crippen LogP contribution in [0, 0.1) is 11.8 Å². The van der Waals surface area contributed by atoms with Gasteiger partial charge in [-0.05, 0) is 34.9 Å². The summed E-state index contributed by atoms with van der Waals surface area (Å²) in [6.07, 6.45) is 3.58. The smallest absolute Gasteiger partial charge is 0.0288 e. The highest BCUT2D eigenvalue weighted by Gasteiger charge is 2.48. The number of hydrogen-bond acceptors (Lipinski definition) is 0. The van der Waals surface area contributed by atoms with Gasteiger partial charge in [0.25, 0.3) is 0 Å². The maximum absolute atomic E-state index is 2.51. The van der Waals surface area contributed by atoms with Crippen molar-refractivity contribution in [1.29, 1.82) is 0 Å². The van der Waals surface area contributed by atoms with Crippen molar-refractivity contribution in [2.75, 3.05) is 0 Å². The zero-order chi connectivity index (χ0) is 13.5. The fourth-order valence-electron chi connectivity index (χ4n) is 3.57. The van der Waals surface area contributed by atoms with E-state index in [1.807, 2.05) is 0 Å². The van der Waals surface area contributed by atoms with Crippen molar-refractivity contribution < 1.29 is 0 Å². The Bertz CT molecular complexity index is 574. The average molecular weight is 249 g/mol. The molecule has 97 valence electrons. The van der Waals surface area contributed by atoms with E-state index in [0.717, 1.165) is 6.42 Å². The van der Waals surface area contributed by atoms with E-state index < -0.39 is 0 Å². The Morgan fingerprint density at radius 3 is 2.16 bits per heavy atom. The van der Waals surface area contributed by atoms with Gasteiger partial charge in [-0.1, -0.05) is 75.4 Å². The van der Waals surface area contributed by atoms with Crippen LogP contribution in [-0.2, 0) is 11.8 Å². The van der Waals surface area contributed by atoms with Crippen molar-refractivity contribution in [2.24, 2.45) is 5.41 Å². The van der Waals surface area contributed by atoms with Gasteiger partial charge >= 0.3 is 0 Å². The largest absolute Gasteiger partial charge is 0.0622 e. The molecule has 0 saturated carbocycles. The first-order valence-corrected chi connectivity index (χ1v) is 7.04. The van der Waals surface area contributed by atoms with Crippen molar-refractivity contribution >= 4 is 0 Å². The zero-order valence-electron chi connectivity index (χ0n) is 12.0. The SMILES string of the molecule is CC(C)(C)C1(c2ccccc2)[CH]Cc2ccccc21. The van der Waals surface area contributed by atoms with Gasteiger partial charge in [0.1, 0.15) is 0 Å². The predicted octanol–water partition coefficient (Wildman–Crippen LogP) is 4.78. The molecule has 3 rings (SSSR count). The minimum atomic E-state index is 0.0326. The molecule has 19 heavy (non-hydrogen) atoms. The van der Waals surface area contributed by atoms with E-state index in [9.17, 15) is 0 Å². The van der Waals surface area contributed by atoms with Crippen LogP contribution >= 0.6 is 0 Å². The molecule has 2 aromatic rings. The monoisotopic (exact) mass is 249 g/mol. The lowest BCUT2D eigenvalue weighted by Gasteiger charge is -2.43. The fraction of sp³-hybridized carbons (Fsp3) is 0.316. The number of fused-ring (bicyclic) bond motifs is 1. The Balaban J connectivity index is 2.27. The Morgan fingerprint density at radius 1 is 0.842 bits per heavy atom. The lowest BCUT2D eigenvalue weighted by molar-refractivity contribution is 0.269. The third kappa shape index (κ3) is 1.74. The van der Waals surface area contributed by atoms with Gasteiger partial charge in [-0.15, -0.1) is 0 Å². The van der Waals surface area contributed by atoms with E-state index in [4.69, 9.17) is 0 Å². The van der Waals surface area contributed by atoms with Crippen molar-refractivity contribution in [1.82, 2.24) is 0 Å². The minimum absolute atomic E-state index is 0.0326. The van der Waals surface area contributed by atoms with Crippen LogP contribution in [0.4, 0.5) is 0 Å². The molecule has 0 heterocycles. The molecule has 0 aromatic heterocycles. The molecule has 0 nitrogen and oxygen atoms in total. The van der Waals surface area contributed by atoms with Gasteiger partial charge in [-0.25, -0.2) is 0 Å². The lowest BCUT2D eigenvalue weighted by Crippen LogP contribution is -2.39. The quantitative estimate of drug-likeness (QED) is 0.682. The lowest BCUT2D eigenvalue weighted by atomic mass is 9.59. The standard InChI is InChI=1S/C19H21/c1-18(2,3)19(16-10-5-4-6-11-16)14-13-15-9-7-8-12-17(15)19/h4-12,14H,13H2,1-3H3. The van der Waals surface area contributed by atoms with Gasteiger partial charge in [-0.2, -0.15) is 0 Å². The first-order valence-electron chi connectivity index (χ1n) is 7.04. The van der Waals surface area contributed by atoms with Crippen LogP contribution in [-0.4, -0.2) is 0 Å². The van der Waals surface area contributed by atoms with Crippen LogP contribution in [0.1, 0.15) is 37.5 Å². The van der Waals surface area contributed by atoms with Crippen LogP contribution in [0.5, 0.6) is 0 Å². The molecule has 1 atom stereocenters. The third-order valence-corrected chi connectivity index (χ3v) is 4.48. The second kappa shape index (κ2) is 4.23. The van der Waals surface area contributed by atoms with Crippen LogP contribution in [0.2, 0.25) is 0 Å². The van der Waals surface area contributed by atoms with E-state index >= 15 is 0 Å². The molecule has 0 saturated heterocycles. The summed E-state index contributed by atoms with van der Waals surface area (Å²) in [5.41, 5.74) is 4.56. The molecule has 0 fully saturated rings. The summed E-state index contributed by atoms with van der Waals surface area (Å²) in [6.45, 7) is 7.04. The van der Waals surface area contributed by atoms with E-state index in [1.165, 1.54) is 16.7 Å². The molecule has 1 aliphatic rings. The summed E-state index contributed by atoms with van der Waals surface area (Å²) in [4.78, 5) is 0. The van der Waals surface area contributed by atoms with Gasteiger partial charge in [0.05, 0.1) is 0 Å². The normalized spacial score (nSPS) is 22.3. The Kier molecular flexibility index (Phi) is 2.78. The highest BCUT2D eigenvalue weighted by molar-refractivity contribution is 5.54. The summed E-state index contributed by atoms with van der Waals surface area (Å²) < 4.78 is 0. The van der Waals surface area contributed by atoms with Gasteiger partial charge in [0.15, 0.2) is 0 Å². The Hall–Kier alpha value is -1.56. The molecule has 0 bridgehead atoms. The summed E-state index contributed by atoms with van der Waals surface area (Å²) in [5.74, 6) is 0. The Labute approximate surface area is 116 Å². The van der Waals surface area contributed by atoms with E-state index in [-0.39, 0.29) is 10.8 Å². The summed E-state index contributed by atoms with van der Waals surface area (Å²) >= 11 is 0. The van der Waals surface area contributed by atoms with Crippen LogP contribution in [0.25, 0.3) is 0 Å². The Morgan fingerprint density at radius 2 is 1.47 bits per heavy atom. The molecule has 1 radical (unpaired) electrons. The number of hydrogen-bond donors (Lipinski definition) is 0. The van der Waals surface area contributed by atoms with Gasteiger partial charge < -0.3 is 0 Å². The third-order valence-electron chi connectivity index (χ3n) is 4.48. The van der Waals surface area contributed by atoms with Crippen molar-refractivity contribution in [2.45, 2.75) is 32.6 Å². The fourth-order valence-corrected chi connectivity index (χ4v) is 3.57. The highest BCUT2D eigenvalue weighted by atomic mass is 14.5. The van der Waals surface area contributed by atoms with E-state index in [0.29, 0.717) is 0 Å². The molecular formula is C19H21. The maximum atomic E-state index is 2.51. The molecule has 0 spiro atoms. The van der Waals surface area contributed by atoms with Gasteiger partial charge in [0.2, 0.25) is 0 Å². The molecular weight excluding hydrogens is 228 g/mol. The molecule has 2 aromatic carbocycles. The molecule has 0 heteroatoms. The first-order chi connectivity index (χ1) is 9.06. The molecule has 0 amide bonds. The summed E-state index contributed by atoms with van der Waals surface area (Å²) in [6, 6.07) is 19.8.